The summed E-state index contributed by atoms with van der Waals surface area (Å²) >= 11 is 0. The first-order valence-electron chi connectivity index (χ1n) is 8.39. The van der Waals surface area contributed by atoms with Crippen LogP contribution in [0.5, 0.6) is 0 Å². The summed E-state index contributed by atoms with van der Waals surface area (Å²) < 4.78 is 27.9. The predicted octanol–water partition coefficient (Wildman–Crippen LogP) is 4.22. The van der Waals surface area contributed by atoms with Gasteiger partial charge in [0.25, 0.3) is 0 Å². The van der Waals surface area contributed by atoms with Crippen molar-refractivity contribution in [2.45, 2.75) is 38.8 Å². The first kappa shape index (κ1) is 17.5. The zero-order valence-electron chi connectivity index (χ0n) is 14.3. The van der Waals surface area contributed by atoms with Gasteiger partial charge in [-0.1, -0.05) is 29.8 Å². The molecule has 1 fully saturated rings. The molecule has 1 aliphatic rings. The Balaban J connectivity index is 2.16. The minimum Gasteiger partial charge on any atom is -0.480 e. The van der Waals surface area contributed by atoms with Crippen LogP contribution < -0.4 is 0 Å². The molecule has 2 atom stereocenters. The molecule has 2 aromatic carbocycles. The van der Waals surface area contributed by atoms with Gasteiger partial charge in [0.2, 0.25) is 0 Å². The number of nitrogens with zero attached hydrogens (tertiary/aromatic N) is 1. The summed E-state index contributed by atoms with van der Waals surface area (Å²) in [6.07, 6.45) is 1.26. The van der Waals surface area contributed by atoms with Crippen LogP contribution in [0, 0.1) is 25.5 Å². The van der Waals surface area contributed by atoms with Gasteiger partial charge >= 0.3 is 5.97 Å². The fraction of sp³-hybridized carbons (Fsp3) is 0.350. The fourth-order valence-electron chi connectivity index (χ4n) is 3.74. The van der Waals surface area contributed by atoms with E-state index in [0.29, 0.717) is 18.5 Å². The number of halogens is 2. The standard InChI is InChI=1S/C20H21F2NO2/c1-12-5-7-15(13(2)10-12)19(16-8-6-14(21)11-17(16)22)23-9-3-4-18(23)20(24)25/h5-8,10-11,18-19H,3-4,9H2,1-2H3,(H,24,25). The second kappa shape index (κ2) is 6.92. The lowest BCUT2D eigenvalue weighted by molar-refractivity contribution is -0.142. The van der Waals surface area contributed by atoms with Gasteiger partial charge in [0.1, 0.15) is 17.7 Å². The molecule has 1 heterocycles. The lowest BCUT2D eigenvalue weighted by atomic mass is 9.91. The molecule has 2 unspecified atom stereocenters. The number of benzene rings is 2. The molecular weight excluding hydrogens is 324 g/mol. The van der Waals surface area contributed by atoms with Crippen molar-refractivity contribution in [3.8, 4) is 0 Å². The minimum absolute atomic E-state index is 0.307. The lowest BCUT2D eigenvalue weighted by Crippen LogP contribution is -2.39. The molecule has 0 saturated carbocycles. The van der Waals surface area contributed by atoms with E-state index in [1.165, 1.54) is 12.1 Å². The van der Waals surface area contributed by atoms with E-state index in [4.69, 9.17) is 0 Å². The van der Waals surface area contributed by atoms with E-state index in [-0.39, 0.29) is 0 Å². The number of carboxylic acids is 1. The molecule has 0 aliphatic carbocycles. The van der Waals surface area contributed by atoms with Crippen molar-refractivity contribution in [2.75, 3.05) is 6.54 Å². The highest BCUT2D eigenvalue weighted by atomic mass is 19.1. The van der Waals surface area contributed by atoms with Gasteiger partial charge in [-0.15, -0.1) is 0 Å². The molecule has 132 valence electrons. The Morgan fingerprint density at radius 1 is 1.16 bits per heavy atom. The zero-order chi connectivity index (χ0) is 18.1. The maximum Gasteiger partial charge on any atom is 0.320 e. The average Bonchev–Trinajstić information content (AvgIpc) is 3.01. The third kappa shape index (κ3) is 3.42. The first-order valence-corrected chi connectivity index (χ1v) is 8.39. The highest BCUT2D eigenvalue weighted by Crippen LogP contribution is 2.37. The van der Waals surface area contributed by atoms with Crippen LogP contribution in [0.2, 0.25) is 0 Å². The van der Waals surface area contributed by atoms with Gasteiger partial charge in [-0.25, -0.2) is 8.78 Å². The first-order chi connectivity index (χ1) is 11.9. The van der Waals surface area contributed by atoms with Gasteiger partial charge in [0, 0.05) is 18.2 Å². The van der Waals surface area contributed by atoms with Crippen LogP contribution in [0.4, 0.5) is 8.78 Å². The summed E-state index contributed by atoms with van der Waals surface area (Å²) in [6.45, 7) is 4.47. The summed E-state index contributed by atoms with van der Waals surface area (Å²) in [4.78, 5) is 13.5. The maximum absolute atomic E-state index is 14.6. The molecule has 3 rings (SSSR count). The molecule has 0 bridgehead atoms. The molecule has 2 aromatic rings. The number of hydrogen-bond acceptors (Lipinski definition) is 2. The van der Waals surface area contributed by atoms with Gasteiger partial charge in [-0.2, -0.15) is 0 Å². The maximum atomic E-state index is 14.6. The van der Waals surface area contributed by atoms with Crippen molar-refractivity contribution in [2.24, 2.45) is 0 Å². The van der Waals surface area contributed by atoms with E-state index >= 15 is 0 Å². The molecule has 0 aromatic heterocycles. The smallest absolute Gasteiger partial charge is 0.320 e. The van der Waals surface area contributed by atoms with Crippen LogP contribution in [0.25, 0.3) is 0 Å². The Hall–Kier alpha value is -2.27. The van der Waals surface area contributed by atoms with Crippen molar-refractivity contribution >= 4 is 5.97 Å². The molecule has 0 radical (unpaired) electrons. The van der Waals surface area contributed by atoms with Gasteiger partial charge < -0.3 is 5.11 Å². The van der Waals surface area contributed by atoms with Gasteiger partial charge in [-0.3, -0.25) is 9.69 Å². The fourth-order valence-corrected chi connectivity index (χ4v) is 3.74. The molecule has 3 nitrogen and oxygen atoms in total. The van der Waals surface area contributed by atoms with Crippen molar-refractivity contribution in [1.29, 1.82) is 0 Å². The van der Waals surface area contributed by atoms with Gasteiger partial charge in [-0.05, 0) is 43.9 Å². The van der Waals surface area contributed by atoms with E-state index in [1.54, 1.807) is 0 Å². The molecule has 1 aliphatic heterocycles. The topological polar surface area (TPSA) is 40.5 Å². The minimum atomic E-state index is -0.908. The molecule has 1 N–H and O–H groups in total. The number of hydrogen-bond donors (Lipinski definition) is 1. The largest absolute Gasteiger partial charge is 0.480 e. The number of carboxylic acid groups (broad SMARTS) is 1. The monoisotopic (exact) mass is 345 g/mol. The third-order valence-corrected chi connectivity index (χ3v) is 4.89. The molecule has 5 heteroatoms. The second-order valence-electron chi connectivity index (χ2n) is 6.66. The SMILES string of the molecule is Cc1ccc(C(c2ccc(F)cc2F)N2CCCC2C(=O)O)c(C)c1. The van der Waals surface area contributed by atoms with E-state index in [0.717, 1.165) is 29.2 Å². The van der Waals surface area contributed by atoms with E-state index in [2.05, 4.69) is 0 Å². The number of likely N-dealkylation sites (tertiary alicyclic amines) is 1. The van der Waals surface area contributed by atoms with Crippen molar-refractivity contribution in [1.82, 2.24) is 4.90 Å². The summed E-state index contributed by atoms with van der Waals surface area (Å²) in [5.41, 5.74) is 3.20. The van der Waals surface area contributed by atoms with Crippen LogP contribution in [0.15, 0.2) is 36.4 Å². The molecule has 0 amide bonds. The Morgan fingerprint density at radius 2 is 1.88 bits per heavy atom. The number of rotatable bonds is 4. The Kier molecular flexibility index (Phi) is 4.86. The summed E-state index contributed by atoms with van der Waals surface area (Å²) in [6, 6.07) is 8.12. The summed E-state index contributed by atoms with van der Waals surface area (Å²) in [5.74, 6) is -2.20. The van der Waals surface area contributed by atoms with E-state index < -0.39 is 29.7 Å². The highest BCUT2D eigenvalue weighted by molar-refractivity contribution is 5.74. The molecule has 0 spiro atoms. The molecular formula is C20H21F2NO2. The Bertz CT molecular complexity index is 755. The van der Waals surface area contributed by atoms with Gasteiger partial charge in [0.15, 0.2) is 0 Å². The molecule has 1 saturated heterocycles. The predicted molar refractivity (Wildman–Crippen MR) is 91.5 cm³/mol. The van der Waals surface area contributed by atoms with Crippen molar-refractivity contribution in [3.63, 3.8) is 0 Å². The van der Waals surface area contributed by atoms with Gasteiger partial charge in [0.05, 0.1) is 6.04 Å². The van der Waals surface area contributed by atoms with Crippen molar-refractivity contribution < 1.29 is 18.7 Å². The van der Waals surface area contributed by atoms with E-state index in [9.17, 15) is 18.7 Å². The number of aliphatic carboxylic acids is 1. The summed E-state index contributed by atoms with van der Waals surface area (Å²) in [7, 11) is 0. The number of carbonyl (C=O) groups is 1. The van der Waals surface area contributed by atoms with Crippen molar-refractivity contribution in [3.05, 3.63) is 70.3 Å². The van der Waals surface area contributed by atoms with Crippen LogP contribution in [-0.4, -0.2) is 28.6 Å². The van der Waals surface area contributed by atoms with Crippen LogP contribution in [0.1, 0.15) is 41.1 Å². The quantitative estimate of drug-likeness (QED) is 0.902. The zero-order valence-corrected chi connectivity index (χ0v) is 14.3. The molecule has 25 heavy (non-hydrogen) atoms. The highest BCUT2D eigenvalue weighted by Gasteiger charge is 2.38. The normalized spacial score (nSPS) is 19.1. The Morgan fingerprint density at radius 3 is 2.52 bits per heavy atom. The Labute approximate surface area is 145 Å². The average molecular weight is 345 g/mol. The van der Waals surface area contributed by atoms with E-state index in [1.807, 2.05) is 36.9 Å². The third-order valence-electron chi connectivity index (χ3n) is 4.89. The van der Waals surface area contributed by atoms with Crippen LogP contribution in [-0.2, 0) is 4.79 Å². The lowest BCUT2D eigenvalue weighted by Gasteiger charge is -2.33. The van der Waals surface area contributed by atoms with Crippen LogP contribution >= 0.6 is 0 Å². The summed E-state index contributed by atoms with van der Waals surface area (Å²) in [5, 5.41) is 9.56. The number of aryl methyl sites for hydroxylation is 2. The second-order valence-corrected chi connectivity index (χ2v) is 6.66. The van der Waals surface area contributed by atoms with Crippen LogP contribution in [0.3, 0.4) is 0 Å².